The number of carbonyl (C=O) groups is 1. The molecule has 2 rings (SSSR count). The van der Waals surface area contributed by atoms with Crippen molar-refractivity contribution in [2.24, 2.45) is 5.73 Å². The third kappa shape index (κ3) is 2.71. The lowest BCUT2D eigenvalue weighted by molar-refractivity contribution is -0.116. The first-order valence-corrected chi connectivity index (χ1v) is 7.12. The minimum absolute atomic E-state index is 0.0458. The summed E-state index contributed by atoms with van der Waals surface area (Å²) in [5.74, 6) is -0.0458. The summed E-state index contributed by atoms with van der Waals surface area (Å²) >= 11 is 1.56. The molecule has 4 nitrogen and oxygen atoms in total. The summed E-state index contributed by atoms with van der Waals surface area (Å²) in [7, 11) is 0. The largest absolute Gasteiger partial charge is 0.330 e. The minimum atomic E-state index is -0.0458. The highest BCUT2D eigenvalue weighted by Crippen LogP contribution is 2.37. The van der Waals surface area contributed by atoms with Gasteiger partial charge in [0.25, 0.3) is 0 Å². The van der Waals surface area contributed by atoms with E-state index in [1.165, 1.54) is 11.3 Å². The van der Waals surface area contributed by atoms with Crippen LogP contribution in [0.25, 0.3) is 0 Å². The molecule has 1 heterocycles. The number of nitrogens with two attached hydrogens (primary N) is 1. The number of hydrogen-bond donors (Lipinski definition) is 2. The Labute approximate surface area is 111 Å². The summed E-state index contributed by atoms with van der Waals surface area (Å²) in [6, 6.07) is 2.24. The highest BCUT2D eigenvalue weighted by atomic mass is 32.1. The van der Waals surface area contributed by atoms with Gasteiger partial charge < -0.3 is 11.1 Å². The molecule has 0 aromatic carbocycles. The number of hydrogen-bond acceptors (Lipinski definition) is 4. The molecule has 0 atom stereocenters. The number of thiophene rings is 1. The molecule has 0 fully saturated rings. The van der Waals surface area contributed by atoms with Crippen molar-refractivity contribution in [2.75, 3.05) is 11.9 Å². The van der Waals surface area contributed by atoms with E-state index >= 15 is 0 Å². The normalized spacial score (nSPS) is 13.8. The molecule has 0 spiro atoms. The standard InChI is InChI=1S/C13H17N3OS/c14-7-3-6-12(17)16-13-10(8-15)9-4-1-2-5-11(9)18-13/h1-7,14H2,(H,16,17). The zero-order valence-electron chi connectivity index (χ0n) is 10.3. The predicted octanol–water partition coefficient (Wildman–Crippen LogP) is 2.18. The maximum atomic E-state index is 11.7. The van der Waals surface area contributed by atoms with Gasteiger partial charge in [0.05, 0.1) is 5.56 Å². The zero-order chi connectivity index (χ0) is 13.0. The Bertz CT molecular complexity index is 487. The Morgan fingerprint density at radius 3 is 2.94 bits per heavy atom. The van der Waals surface area contributed by atoms with E-state index in [2.05, 4.69) is 11.4 Å². The van der Waals surface area contributed by atoms with Gasteiger partial charge >= 0.3 is 0 Å². The molecule has 0 aliphatic heterocycles. The van der Waals surface area contributed by atoms with Crippen LogP contribution in [0.2, 0.25) is 0 Å². The number of carbonyl (C=O) groups excluding carboxylic acids is 1. The van der Waals surface area contributed by atoms with Crippen LogP contribution < -0.4 is 11.1 Å². The fraction of sp³-hybridized carbons (Fsp3) is 0.538. The molecule has 0 radical (unpaired) electrons. The lowest BCUT2D eigenvalue weighted by atomic mass is 9.96. The van der Waals surface area contributed by atoms with Crippen molar-refractivity contribution in [3.8, 4) is 6.07 Å². The van der Waals surface area contributed by atoms with Crippen LogP contribution in [-0.2, 0) is 17.6 Å². The summed E-state index contributed by atoms with van der Waals surface area (Å²) in [5.41, 5.74) is 7.21. The summed E-state index contributed by atoms with van der Waals surface area (Å²) in [5, 5.41) is 12.8. The molecule has 0 saturated heterocycles. The van der Waals surface area contributed by atoms with Gasteiger partial charge in [-0.15, -0.1) is 11.3 Å². The fourth-order valence-corrected chi connectivity index (χ4v) is 3.48. The monoisotopic (exact) mass is 263 g/mol. The molecule has 5 heteroatoms. The SMILES string of the molecule is N#Cc1c(NC(=O)CCCN)sc2c1CCCC2. The second-order valence-corrected chi connectivity index (χ2v) is 5.57. The van der Waals surface area contributed by atoms with Gasteiger partial charge in [0.15, 0.2) is 0 Å². The second-order valence-electron chi connectivity index (χ2n) is 4.47. The Kier molecular flexibility index (Phi) is 4.34. The summed E-state index contributed by atoms with van der Waals surface area (Å²) in [6.45, 7) is 0.513. The van der Waals surface area contributed by atoms with Crippen molar-refractivity contribution in [3.63, 3.8) is 0 Å². The van der Waals surface area contributed by atoms with E-state index in [9.17, 15) is 10.1 Å². The van der Waals surface area contributed by atoms with Crippen LogP contribution in [0.1, 0.15) is 41.7 Å². The van der Waals surface area contributed by atoms with Crippen LogP contribution in [0.15, 0.2) is 0 Å². The third-order valence-electron chi connectivity index (χ3n) is 3.14. The molecule has 3 N–H and O–H groups in total. The van der Waals surface area contributed by atoms with Crippen LogP contribution in [-0.4, -0.2) is 12.5 Å². The van der Waals surface area contributed by atoms with Gasteiger partial charge in [-0.05, 0) is 44.2 Å². The van der Waals surface area contributed by atoms with Gasteiger partial charge in [0, 0.05) is 11.3 Å². The van der Waals surface area contributed by atoms with Crippen molar-refractivity contribution >= 4 is 22.2 Å². The molecule has 1 aliphatic rings. The van der Waals surface area contributed by atoms with Crippen LogP contribution in [0.3, 0.4) is 0 Å². The molecule has 0 saturated carbocycles. The Hall–Kier alpha value is -1.38. The second kappa shape index (κ2) is 5.98. The van der Waals surface area contributed by atoms with Gasteiger partial charge in [-0.2, -0.15) is 5.26 Å². The number of amides is 1. The molecule has 0 bridgehead atoms. The molecule has 18 heavy (non-hydrogen) atoms. The van der Waals surface area contributed by atoms with Crippen LogP contribution in [0.4, 0.5) is 5.00 Å². The van der Waals surface area contributed by atoms with E-state index in [0.717, 1.165) is 29.8 Å². The van der Waals surface area contributed by atoms with Crippen molar-refractivity contribution in [1.29, 1.82) is 5.26 Å². The number of aryl methyl sites for hydroxylation is 1. The first kappa shape index (κ1) is 13.1. The Morgan fingerprint density at radius 1 is 1.44 bits per heavy atom. The van der Waals surface area contributed by atoms with Crippen LogP contribution in [0.5, 0.6) is 0 Å². The number of nitrogens with zero attached hydrogens (tertiary/aromatic N) is 1. The molecule has 1 aromatic rings. The Morgan fingerprint density at radius 2 is 2.22 bits per heavy atom. The lowest BCUT2D eigenvalue weighted by Gasteiger charge is -2.09. The van der Waals surface area contributed by atoms with Gasteiger partial charge in [-0.1, -0.05) is 0 Å². The minimum Gasteiger partial charge on any atom is -0.330 e. The van der Waals surface area contributed by atoms with Gasteiger partial charge in [0.1, 0.15) is 11.1 Å². The first-order valence-electron chi connectivity index (χ1n) is 6.30. The maximum Gasteiger partial charge on any atom is 0.225 e. The molecule has 96 valence electrons. The molecular weight excluding hydrogens is 246 g/mol. The van der Waals surface area contributed by atoms with E-state index in [-0.39, 0.29) is 5.91 Å². The number of nitriles is 1. The summed E-state index contributed by atoms with van der Waals surface area (Å²) < 4.78 is 0. The van der Waals surface area contributed by atoms with Crippen molar-refractivity contribution < 1.29 is 4.79 Å². The van der Waals surface area contributed by atoms with Gasteiger partial charge in [0.2, 0.25) is 5.91 Å². The van der Waals surface area contributed by atoms with Crippen LogP contribution in [0, 0.1) is 11.3 Å². The topological polar surface area (TPSA) is 78.9 Å². The molecule has 1 aliphatic carbocycles. The van der Waals surface area contributed by atoms with Crippen molar-refractivity contribution in [1.82, 2.24) is 0 Å². The number of fused-ring (bicyclic) bond motifs is 1. The molecule has 1 aromatic heterocycles. The molecule has 0 unspecified atom stereocenters. The zero-order valence-corrected chi connectivity index (χ0v) is 11.1. The van der Waals surface area contributed by atoms with E-state index in [1.807, 2.05) is 0 Å². The average Bonchev–Trinajstić information content (AvgIpc) is 2.73. The van der Waals surface area contributed by atoms with E-state index in [0.29, 0.717) is 24.9 Å². The third-order valence-corrected chi connectivity index (χ3v) is 4.35. The van der Waals surface area contributed by atoms with E-state index in [4.69, 9.17) is 5.73 Å². The molecule has 1 amide bonds. The first-order chi connectivity index (χ1) is 8.76. The van der Waals surface area contributed by atoms with E-state index in [1.54, 1.807) is 11.3 Å². The highest BCUT2D eigenvalue weighted by molar-refractivity contribution is 7.16. The highest BCUT2D eigenvalue weighted by Gasteiger charge is 2.21. The fourth-order valence-electron chi connectivity index (χ4n) is 2.22. The smallest absolute Gasteiger partial charge is 0.225 e. The van der Waals surface area contributed by atoms with Gasteiger partial charge in [-0.3, -0.25) is 4.79 Å². The summed E-state index contributed by atoms with van der Waals surface area (Å²) in [6.07, 6.45) is 5.42. The number of anilines is 1. The number of nitrogens with one attached hydrogen (secondary N) is 1. The van der Waals surface area contributed by atoms with Crippen molar-refractivity contribution in [2.45, 2.75) is 38.5 Å². The van der Waals surface area contributed by atoms with E-state index < -0.39 is 0 Å². The maximum absolute atomic E-state index is 11.7. The lowest BCUT2D eigenvalue weighted by Crippen LogP contribution is -2.13. The predicted molar refractivity (Wildman–Crippen MR) is 72.6 cm³/mol. The van der Waals surface area contributed by atoms with Crippen molar-refractivity contribution in [3.05, 3.63) is 16.0 Å². The summed E-state index contributed by atoms with van der Waals surface area (Å²) in [4.78, 5) is 13.0. The number of rotatable bonds is 4. The Balaban J connectivity index is 2.15. The van der Waals surface area contributed by atoms with Gasteiger partial charge in [-0.25, -0.2) is 0 Å². The average molecular weight is 263 g/mol. The molecular formula is C13H17N3OS. The van der Waals surface area contributed by atoms with Crippen LogP contribution >= 0.6 is 11.3 Å². The quantitative estimate of drug-likeness (QED) is 0.873.